The van der Waals surface area contributed by atoms with E-state index in [1.54, 1.807) is 0 Å². The Bertz CT molecular complexity index is 3190. The van der Waals surface area contributed by atoms with Gasteiger partial charge >= 0.3 is 0 Å². The van der Waals surface area contributed by atoms with E-state index in [1.165, 1.54) is 52.8 Å². The van der Waals surface area contributed by atoms with Gasteiger partial charge in [0.15, 0.2) is 5.58 Å². The summed E-state index contributed by atoms with van der Waals surface area (Å²) in [6.07, 6.45) is 0. The summed E-state index contributed by atoms with van der Waals surface area (Å²) >= 11 is 1.86. The maximum atomic E-state index is 6.77. The van der Waals surface area contributed by atoms with Crippen molar-refractivity contribution in [3.63, 3.8) is 0 Å². The Hall–Kier alpha value is -6.68. The van der Waals surface area contributed by atoms with Gasteiger partial charge in [-0.15, -0.1) is 11.3 Å². The Morgan fingerprint density at radius 2 is 1.02 bits per heavy atom. The molecule has 0 unspecified atom stereocenters. The molecule has 0 aliphatic rings. The Morgan fingerprint density at radius 1 is 0.358 bits per heavy atom. The second-order valence-electron chi connectivity index (χ2n) is 13.7. The van der Waals surface area contributed by atoms with Crippen LogP contribution < -0.4 is 4.90 Å². The SMILES string of the molecule is c1ccc(-c2cc(-c3ccc4c(c3)sc3ccccc34)cc(N(c3cc4ccccc4c4ccccc34)c3cccc4c3oc3ccccc34)c2)cc1. The van der Waals surface area contributed by atoms with Crippen LogP contribution in [-0.4, -0.2) is 0 Å². The Balaban J connectivity index is 1.23. The summed E-state index contributed by atoms with van der Waals surface area (Å²) in [6, 6.07) is 68.1. The zero-order valence-corrected chi connectivity index (χ0v) is 29.5. The van der Waals surface area contributed by atoms with Crippen LogP contribution >= 0.6 is 11.3 Å². The number of hydrogen-bond donors (Lipinski definition) is 0. The van der Waals surface area contributed by atoms with E-state index in [9.17, 15) is 0 Å². The van der Waals surface area contributed by atoms with Crippen LogP contribution in [0.1, 0.15) is 0 Å². The molecule has 0 atom stereocenters. The van der Waals surface area contributed by atoms with E-state index in [0.29, 0.717) is 0 Å². The van der Waals surface area contributed by atoms with E-state index in [-0.39, 0.29) is 0 Å². The highest BCUT2D eigenvalue weighted by molar-refractivity contribution is 7.25. The van der Waals surface area contributed by atoms with Crippen LogP contribution in [0.2, 0.25) is 0 Å². The Kier molecular flexibility index (Phi) is 6.76. The number of nitrogens with zero attached hydrogens (tertiary/aromatic N) is 1. The van der Waals surface area contributed by atoms with Gasteiger partial charge in [0, 0.05) is 42.0 Å². The molecule has 0 spiro atoms. The molecule has 3 heteroatoms. The minimum Gasteiger partial charge on any atom is -0.454 e. The first kappa shape index (κ1) is 30.0. The first-order valence-corrected chi connectivity index (χ1v) is 18.8. The number of fused-ring (bicyclic) bond motifs is 9. The van der Waals surface area contributed by atoms with Crippen molar-refractivity contribution in [1.29, 1.82) is 0 Å². The minimum absolute atomic E-state index is 0.865. The van der Waals surface area contributed by atoms with Crippen LogP contribution in [0.4, 0.5) is 17.1 Å². The van der Waals surface area contributed by atoms with Crippen LogP contribution in [-0.2, 0) is 0 Å². The van der Waals surface area contributed by atoms with Crippen molar-refractivity contribution in [3.8, 4) is 22.3 Å². The fourth-order valence-corrected chi connectivity index (χ4v) is 9.29. The molecule has 11 rings (SSSR count). The molecular weight excluding hydrogens is 663 g/mol. The molecule has 9 aromatic carbocycles. The third-order valence-corrected chi connectivity index (χ3v) is 11.7. The van der Waals surface area contributed by atoms with Gasteiger partial charge in [0.1, 0.15) is 5.58 Å². The number of furan rings is 1. The summed E-state index contributed by atoms with van der Waals surface area (Å²) in [5.74, 6) is 0. The standard InChI is InChI=1S/C50H31NOS/c1-2-13-32(14-3-1)35-27-36(33-25-26-43-42-20-9-11-24-48(42)53-49(43)31-33)29-37(28-35)51(45-22-12-21-44-41-19-8-10-23-47(41)52-50(44)45)46-30-34-15-4-5-16-38(34)39-17-6-7-18-40(39)46/h1-31H. The molecule has 2 aromatic heterocycles. The van der Waals surface area contributed by atoms with Crippen molar-refractivity contribution in [2.24, 2.45) is 0 Å². The van der Waals surface area contributed by atoms with Crippen molar-refractivity contribution in [1.82, 2.24) is 0 Å². The van der Waals surface area contributed by atoms with Crippen LogP contribution in [0.5, 0.6) is 0 Å². The molecule has 248 valence electrons. The van der Waals surface area contributed by atoms with E-state index < -0.39 is 0 Å². The average Bonchev–Trinajstić information content (AvgIpc) is 3.80. The molecule has 0 amide bonds. The monoisotopic (exact) mass is 693 g/mol. The second kappa shape index (κ2) is 11.9. The van der Waals surface area contributed by atoms with Crippen LogP contribution in [0.15, 0.2) is 192 Å². The van der Waals surface area contributed by atoms with Crippen molar-refractivity contribution in [2.75, 3.05) is 4.90 Å². The van der Waals surface area contributed by atoms with Crippen LogP contribution in [0.25, 0.3) is 85.9 Å². The van der Waals surface area contributed by atoms with Crippen LogP contribution in [0.3, 0.4) is 0 Å². The summed E-state index contributed by atoms with van der Waals surface area (Å²) in [6.45, 7) is 0. The maximum absolute atomic E-state index is 6.77. The van der Waals surface area contributed by atoms with E-state index in [1.807, 2.05) is 17.4 Å². The van der Waals surface area contributed by atoms with Gasteiger partial charge in [-0.1, -0.05) is 140 Å². The fraction of sp³-hybridized carbons (Fsp3) is 0. The van der Waals surface area contributed by atoms with E-state index in [4.69, 9.17) is 4.42 Å². The number of rotatable bonds is 5. The van der Waals surface area contributed by atoms with Gasteiger partial charge in [-0.25, -0.2) is 0 Å². The molecule has 0 aliphatic carbocycles. The molecule has 0 aliphatic heterocycles. The quantitative estimate of drug-likeness (QED) is 0.167. The summed E-state index contributed by atoms with van der Waals surface area (Å²) in [5, 5.41) is 9.66. The summed E-state index contributed by atoms with van der Waals surface area (Å²) in [4.78, 5) is 2.42. The zero-order valence-electron chi connectivity index (χ0n) is 28.7. The van der Waals surface area contributed by atoms with Gasteiger partial charge in [-0.2, -0.15) is 0 Å². The van der Waals surface area contributed by atoms with Crippen molar-refractivity contribution in [3.05, 3.63) is 188 Å². The molecule has 0 saturated heterocycles. The zero-order chi connectivity index (χ0) is 34.9. The number of thiophene rings is 1. The van der Waals surface area contributed by atoms with E-state index in [2.05, 4.69) is 187 Å². The first-order valence-electron chi connectivity index (χ1n) is 18.0. The van der Waals surface area contributed by atoms with Gasteiger partial charge < -0.3 is 9.32 Å². The van der Waals surface area contributed by atoms with E-state index in [0.717, 1.165) is 50.1 Å². The second-order valence-corrected chi connectivity index (χ2v) is 14.8. The summed E-state index contributed by atoms with van der Waals surface area (Å²) < 4.78 is 9.38. The predicted molar refractivity (Wildman–Crippen MR) is 227 cm³/mol. The van der Waals surface area contributed by atoms with Gasteiger partial charge in [-0.05, 0) is 86.9 Å². The predicted octanol–water partition coefficient (Wildman–Crippen LogP) is 15.1. The lowest BCUT2D eigenvalue weighted by molar-refractivity contribution is 0.669. The van der Waals surface area contributed by atoms with Crippen LogP contribution in [0, 0.1) is 0 Å². The fourth-order valence-electron chi connectivity index (χ4n) is 8.15. The van der Waals surface area contributed by atoms with Crippen molar-refractivity contribution in [2.45, 2.75) is 0 Å². The largest absolute Gasteiger partial charge is 0.454 e. The Morgan fingerprint density at radius 3 is 1.89 bits per heavy atom. The lowest BCUT2D eigenvalue weighted by Crippen LogP contribution is -2.11. The molecule has 0 fully saturated rings. The summed E-state index contributed by atoms with van der Waals surface area (Å²) in [7, 11) is 0. The first-order chi connectivity index (χ1) is 26.3. The molecule has 2 heterocycles. The third-order valence-electron chi connectivity index (χ3n) is 10.6. The normalized spacial score (nSPS) is 11.8. The minimum atomic E-state index is 0.865. The average molecular weight is 694 g/mol. The van der Waals surface area contributed by atoms with Gasteiger partial charge in [0.25, 0.3) is 0 Å². The van der Waals surface area contributed by atoms with Gasteiger partial charge in [0.2, 0.25) is 0 Å². The lowest BCUT2D eigenvalue weighted by Gasteiger charge is -2.28. The van der Waals surface area contributed by atoms with Crippen molar-refractivity contribution >= 4 is 92.1 Å². The van der Waals surface area contributed by atoms with Gasteiger partial charge in [-0.3, -0.25) is 0 Å². The number of para-hydroxylation sites is 2. The molecule has 0 saturated carbocycles. The summed E-state index contributed by atoms with van der Waals surface area (Å²) in [5.41, 5.74) is 9.58. The number of anilines is 3. The van der Waals surface area contributed by atoms with Gasteiger partial charge in [0.05, 0.1) is 11.4 Å². The molecule has 53 heavy (non-hydrogen) atoms. The molecule has 0 bridgehead atoms. The number of hydrogen-bond acceptors (Lipinski definition) is 3. The molecule has 2 nitrogen and oxygen atoms in total. The highest BCUT2D eigenvalue weighted by Gasteiger charge is 2.23. The maximum Gasteiger partial charge on any atom is 0.159 e. The highest BCUT2D eigenvalue weighted by Crippen LogP contribution is 2.48. The molecular formula is C50H31NOS. The molecule has 0 radical (unpaired) electrons. The van der Waals surface area contributed by atoms with Crippen molar-refractivity contribution < 1.29 is 4.42 Å². The number of benzene rings is 9. The Labute approximate surface area is 310 Å². The third kappa shape index (κ3) is 4.86. The van der Waals surface area contributed by atoms with E-state index >= 15 is 0 Å². The molecule has 0 N–H and O–H groups in total. The smallest absolute Gasteiger partial charge is 0.159 e. The molecule has 11 aromatic rings. The lowest BCUT2D eigenvalue weighted by atomic mass is 9.95. The topological polar surface area (TPSA) is 16.4 Å². The highest BCUT2D eigenvalue weighted by atomic mass is 32.1.